The van der Waals surface area contributed by atoms with Crippen LogP contribution < -0.4 is 14.8 Å². The molecule has 0 fully saturated rings. The Hall–Kier alpha value is -4.64. The summed E-state index contributed by atoms with van der Waals surface area (Å²) >= 11 is 0. The first-order valence-corrected chi connectivity index (χ1v) is 10.1. The zero-order valence-electron chi connectivity index (χ0n) is 18.4. The van der Waals surface area contributed by atoms with Crippen LogP contribution in [0.1, 0.15) is 16.7 Å². The number of fused-ring (bicyclic) bond motifs is 1. The second kappa shape index (κ2) is 9.24. The molecule has 8 heteroatoms. The Labute approximate surface area is 190 Å². The fourth-order valence-electron chi connectivity index (χ4n) is 3.46. The lowest BCUT2D eigenvalue weighted by molar-refractivity contribution is -0.111. The average Bonchev–Trinajstić information content (AvgIpc) is 3.24. The van der Waals surface area contributed by atoms with Crippen LogP contribution in [0.3, 0.4) is 0 Å². The number of benzene rings is 2. The van der Waals surface area contributed by atoms with Gasteiger partial charge in [0.2, 0.25) is 5.91 Å². The van der Waals surface area contributed by atoms with Gasteiger partial charge < -0.3 is 14.8 Å². The smallest absolute Gasteiger partial charge is 0.249 e. The van der Waals surface area contributed by atoms with E-state index in [-0.39, 0.29) is 11.4 Å². The highest BCUT2D eigenvalue weighted by atomic mass is 16.5. The maximum atomic E-state index is 12.7. The van der Waals surface area contributed by atoms with Gasteiger partial charge in [-0.05, 0) is 48.9 Å². The predicted octanol–water partition coefficient (Wildman–Crippen LogP) is 4.27. The van der Waals surface area contributed by atoms with E-state index in [1.165, 1.54) is 17.0 Å². The van der Waals surface area contributed by atoms with Gasteiger partial charge in [0.15, 0.2) is 11.6 Å². The molecule has 0 aliphatic heterocycles. The van der Waals surface area contributed by atoms with Crippen LogP contribution in [0.5, 0.6) is 11.5 Å². The molecule has 0 aliphatic carbocycles. The molecule has 2 heterocycles. The Balaban J connectivity index is 1.66. The molecule has 0 unspecified atom stereocenters. The summed E-state index contributed by atoms with van der Waals surface area (Å²) in [5, 5.41) is 17.6. The molecule has 0 spiro atoms. The number of nitrogens with zero attached hydrogens (tertiary/aromatic N) is 4. The number of rotatable bonds is 6. The van der Waals surface area contributed by atoms with E-state index in [4.69, 9.17) is 9.47 Å². The Morgan fingerprint density at radius 1 is 1.15 bits per heavy atom. The van der Waals surface area contributed by atoms with E-state index in [1.807, 2.05) is 37.3 Å². The van der Waals surface area contributed by atoms with Crippen molar-refractivity contribution in [3.8, 4) is 23.4 Å². The second-order valence-electron chi connectivity index (χ2n) is 7.18. The van der Waals surface area contributed by atoms with Crippen molar-refractivity contribution < 1.29 is 14.3 Å². The van der Waals surface area contributed by atoms with E-state index >= 15 is 0 Å². The van der Waals surface area contributed by atoms with Crippen LogP contribution in [0.2, 0.25) is 0 Å². The fourth-order valence-corrected chi connectivity index (χ4v) is 3.46. The van der Waals surface area contributed by atoms with Gasteiger partial charge in [-0.25, -0.2) is 4.98 Å². The first-order chi connectivity index (χ1) is 16.0. The van der Waals surface area contributed by atoms with Crippen LogP contribution in [0.15, 0.2) is 60.8 Å². The van der Waals surface area contributed by atoms with Gasteiger partial charge in [-0.2, -0.15) is 15.0 Å². The number of carbonyl (C=O) groups is 1. The third-order valence-corrected chi connectivity index (χ3v) is 5.11. The highest BCUT2D eigenvalue weighted by Gasteiger charge is 2.16. The van der Waals surface area contributed by atoms with Crippen molar-refractivity contribution in [2.24, 2.45) is 0 Å². The Morgan fingerprint density at radius 2 is 1.97 bits per heavy atom. The normalized spacial score (nSPS) is 10.8. The number of hydrogen-bond donors (Lipinski definition) is 1. The minimum absolute atomic E-state index is 0.225. The molecular weight excluding hydrogens is 418 g/mol. The number of ether oxygens (including phenoxy) is 2. The van der Waals surface area contributed by atoms with E-state index < -0.39 is 5.91 Å². The third-order valence-electron chi connectivity index (χ3n) is 5.11. The van der Waals surface area contributed by atoms with Gasteiger partial charge in [-0.3, -0.25) is 4.79 Å². The highest BCUT2D eigenvalue weighted by molar-refractivity contribution is 6.02. The van der Waals surface area contributed by atoms with Crippen LogP contribution in [0.4, 0.5) is 5.82 Å². The quantitative estimate of drug-likeness (QED) is 0.450. The maximum Gasteiger partial charge on any atom is 0.249 e. The van der Waals surface area contributed by atoms with Crippen molar-refractivity contribution in [1.82, 2.24) is 14.8 Å². The largest absolute Gasteiger partial charge is 0.497 e. The molecule has 0 aliphatic rings. The molecule has 1 N–H and O–H groups in total. The zero-order valence-corrected chi connectivity index (χ0v) is 18.4. The van der Waals surface area contributed by atoms with Crippen LogP contribution in [-0.2, 0) is 4.79 Å². The fraction of sp³-hybridized carbons (Fsp3) is 0.120. The third kappa shape index (κ3) is 4.38. The summed E-state index contributed by atoms with van der Waals surface area (Å²) < 4.78 is 12.0. The van der Waals surface area contributed by atoms with Crippen molar-refractivity contribution in [3.05, 3.63) is 77.5 Å². The lowest BCUT2D eigenvalue weighted by Gasteiger charge is -2.10. The molecular formula is C25H21N5O3. The van der Waals surface area contributed by atoms with Gasteiger partial charge >= 0.3 is 0 Å². The summed E-state index contributed by atoms with van der Waals surface area (Å²) in [7, 11) is 3.12. The molecule has 0 saturated heterocycles. The summed E-state index contributed by atoms with van der Waals surface area (Å²) in [6.07, 6.45) is 4.37. The number of aromatic nitrogens is 3. The first-order valence-electron chi connectivity index (χ1n) is 10.1. The van der Waals surface area contributed by atoms with Crippen molar-refractivity contribution in [2.75, 3.05) is 19.5 Å². The minimum atomic E-state index is -0.435. The standard InChI is InChI=1S/C25H21N5O3/c1-16-12-23(28-21-7-5-4-6-20(16)21)30-25(18(14-26)15-27-30)29-24(31)11-8-17-13-19(32-2)9-10-22(17)33-3/h4-13,15H,1-3H3,(H,29,31)/b11-8+. The lowest BCUT2D eigenvalue weighted by Crippen LogP contribution is -2.14. The maximum absolute atomic E-state index is 12.7. The van der Waals surface area contributed by atoms with Crippen LogP contribution in [-0.4, -0.2) is 34.9 Å². The zero-order chi connectivity index (χ0) is 23.4. The first kappa shape index (κ1) is 21.6. The number of pyridine rings is 1. The second-order valence-corrected chi connectivity index (χ2v) is 7.18. The SMILES string of the molecule is COc1ccc(OC)c(/C=C/C(=O)Nc2c(C#N)cnn2-c2cc(C)c3ccccc3n2)c1. The van der Waals surface area contributed by atoms with Gasteiger partial charge in [-0.15, -0.1) is 0 Å². The molecule has 8 nitrogen and oxygen atoms in total. The minimum Gasteiger partial charge on any atom is -0.497 e. The summed E-state index contributed by atoms with van der Waals surface area (Å²) in [5.74, 6) is 1.54. The summed E-state index contributed by atoms with van der Waals surface area (Å²) in [4.78, 5) is 17.4. The highest BCUT2D eigenvalue weighted by Crippen LogP contribution is 2.26. The molecule has 4 aromatic rings. The molecule has 0 bridgehead atoms. The number of methoxy groups -OCH3 is 2. The number of carbonyl (C=O) groups excluding carboxylic acids is 1. The number of hydrogen-bond acceptors (Lipinski definition) is 6. The van der Waals surface area contributed by atoms with Gasteiger partial charge in [0, 0.05) is 17.0 Å². The number of aryl methyl sites for hydroxylation is 1. The Bertz CT molecular complexity index is 1420. The van der Waals surface area contributed by atoms with Gasteiger partial charge in [0.25, 0.3) is 0 Å². The van der Waals surface area contributed by atoms with Crippen molar-refractivity contribution in [2.45, 2.75) is 6.92 Å². The molecule has 2 aromatic carbocycles. The average molecular weight is 439 g/mol. The van der Waals surface area contributed by atoms with Gasteiger partial charge in [0.05, 0.1) is 25.9 Å². The van der Waals surface area contributed by atoms with E-state index in [1.54, 1.807) is 38.5 Å². The van der Waals surface area contributed by atoms with Crippen LogP contribution in [0, 0.1) is 18.3 Å². The molecule has 4 rings (SSSR count). The van der Waals surface area contributed by atoms with Crippen molar-refractivity contribution in [3.63, 3.8) is 0 Å². The Kier molecular flexibility index (Phi) is 6.04. The number of para-hydroxylation sites is 1. The number of anilines is 1. The summed E-state index contributed by atoms with van der Waals surface area (Å²) in [6.45, 7) is 1.98. The van der Waals surface area contributed by atoms with E-state index in [0.29, 0.717) is 22.9 Å². The molecule has 0 atom stereocenters. The number of nitrogens with one attached hydrogen (secondary N) is 1. The van der Waals surface area contributed by atoms with E-state index in [9.17, 15) is 10.1 Å². The summed E-state index contributed by atoms with van der Waals surface area (Å²) in [6, 6.07) is 17.0. The topological polar surface area (TPSA) is 102 Å². The molecule has 2 aromatic heterocycles. The van der Waals surface area contributed by atoms with E-state index in [2.05, 4.69) is 21.5 Å². The van der Waals surface area contributed by atoms with Crippen LogP contribution >= 0.6 is 0 Å². The molecule has 33 heavy (non-hydrogen) atoms. The Morgan fingerprint density at radius 3 is 2.73 bits per heavy atom. The van der Waals surface area contributed by atoms with E-state index in [0.717, 1.165) is 16.5 Å². The monoisotopic (exact) mass is 439 g/mol. The predicted molar refractivity (Wildman–Crippen MR) is 126 cm³/mol. The lowest BCUT2D eigenvalue weighted by atomic mass is 10.1. The van der Waals surface area contributed by atoms with Crippen LogP contribution in [0.25, 0.3) is 22.8 Å². The molecule has 1 amide bonds. The van der Waals surface area contributed by atoms with Crippen molar-refractivity contribution >= 4 is 28.7 Å². The van der Waals surface area contributed by atoms with Gasteiger partial charge in [0.1, 0.15) is 23.1 Å². The van der Waals surface area contributed by atoms with Gasteiger partial charge in [-0.1, -0.05) is 18.2 Å². The number of nitriles is 1. The molecule has 0 saturated carbocycles. The molecule has 164 valence electrons. The number of amides is 1. The molecule has 0 radical (unpaired) electrons. The van der Waals surface area contributed by atoms with Crippen molar-refractivity contribution in [1.29, 1.82) is 5.26 Å². The summed E-state index contributed by atoms with van der Waals surface area (Å²) in [5.41, 5.74) is 2.70.